The molecular weight excluding hydrogens is 302 g/mol. The maximum Gasteiger partial charge on any atom is 0.242 e. The van der Waals surface area contributed by atoms with Crippen LogP contribution in [0.5, 0.6) is 0 Å². The molecule has 0 saturated heterocycles. The first-order valence-electron chi connectivity index (χ1n) is 8.53. The fourth-order valence-electron chi connectivity index (χ4n) is 2.57. The van der Waals surface area contributed by atoms with Gasteiger partial charge in [-0.15, -0.1) is 6.58 Å². The van der Waals surface area contributed by atoms with Gasteiger partial charge in [-0.2, -0.15) is 0 Å². The monoisotopic (exact) mass is 333 g/mol. The normalized spacial score (nSPS) is 11.0. The van der Waals surface area contributed by atoms with E-state index in [0.717, 1.165) is 5.69 Å². The first kappa shape index (κ1) is 20.0. The van der Waals surface area contributed by atoms with E-state index in [4.69, 9.17) is 0 Å². The highest BCUT2D eigenvalue weighted by atomic mass is 16.2. The highest BCUT2D eigenvalue weighted by Crippen LogP contribution is 2.10. The Morgan fingerprint density at radius 2 is 1.92 bits per heavy atom. The van der Waals surface area contributed by atoms with Crippen LogP contribution in [0.25, 0.3) is 0 Å². The number of nitrogens with zero attached hydrogens (tertiary/aromatic N) is 3. The van der Waals surface area contributed by atoms with E-state index >= 15 is 0 Å². The van der Waals surface area contributed by atoms with Gasteiger partial charge in [0.1, 0.15) is 6.54 Å². The van der Waals surface area contributed by atoms with Crippen LogP contribution in [0.4, 0.5) is 0 Å². The van der Waals surface area contributed by atoms with E-state index in [0.29, 0.717) is 25.6 Å². The summed E-state index contributed by atoms with van der Waals surface area (Å²) in [7, 11) is 1.97. The Morgan fingerprint density at radius 1 is 1.25 bits per heavy atom. The number of rotatable bonds is 9. The second kappa shape index (κ2) is 9.30. The van der Waals surface area contributed by atoms with Gasteiger partial charge in [0.25, 0.3) is 0 Å². The van der Waals surface area contributed by atoms with Crippen LogP contribution in [0.1, 0.15) is 33.4 Å². The molecule has 0 aliphatic carbocycles. The van der Waals surface area contributed by atoms with Gasteiger partial charge in [-0.3, -0.25) is 9.59 Å². The Bertz CT molecular complexity index is 561. The fourth-order valence-corrected chi connectivity index (χ4v) is 2.57. The molecule has 1 aromatic rings. The number of aryl methyl sites for hydroxylation is 1. The maximum atomic E-state index is 12.8. The zero-order chi connectivity index (χ0) is 18.3. The smallest absolute Gasteiger partial charge is 0.242 e. The first-order valence-corrected chi connectivity index (χ1v) is 8.53. The standard InChI is InChI=1S/C19H31N3O2/c1-7-10-21(19(24)16(4)5)14-18(23)22(12-15(2)3)13-17-9-8-11-20(17)6/h7-9,11,15-16H,1,10,12-14H2,2-6H3. The van der Waals surface area contributed by atoms with Crippen molar-refractivity contribution in [2.45, 2.75) is 34.2 Å². The minimum atomic E-state index is -0.135. The molecule has 0 saturated carbocycles. The molecular formula is C19H31N3O2. The van der Waals surface area contributed by atoms with Gasteiger partial charge in [-0.25, -0.2) is 0 Å². The number of hydrogen-bond donors (Lipinski definition) is 0. The molecule has 0 spiro atoms. The quantitative estimate of drug-likeness (QED) is 0.652. The minimum Gasteiger partial charge on any atom is -0.353 e. The molecule has 1 aromatic heterocycles. The van der Waals surface area contributed by atoms with Gasteiger partial charge < -0.3 is 14.4 Å². The van der Waals surface area contributed by atoms with Crippen LogP contribution in [-0.4, -0.2) is 45.8 Å². The SMILES string of the molecule is C=CCN(CC(=O)N(Cc1cccn1C)CC(C)C)C(=O)C(C)C. The molecule has 24 heavy (non-hydrogen) atoms. The summed E-state index contributed by atoms with van der Waals surface area (Å²) in [6, 6.07) is 3.99. The number of carbonyl (C=O) groups excluding carboxylic acids is 2. The first-order chi connectivity index (χ1) is 11.3. The van der Waals surface area contributed by atoms with Crippen molar-refractivity contribution in [3.8, 4) is 0 Å². The van der Waals surface area contributed by atoms with Crippen LogP contribution >= 0.6 is 0 Å². The van der Waals surface area contributed by atoms with Crippen molar-refractivity contribution in [1.82, 2.24) is 14.4 Å². The summed E-state index contributed by atoms with van der Waals surface area (Å²) in [6.07, 6.45) is 3.64. The van der Waals surface area contributed by atoms with Crippen LogP contribution < -0.4 is 0 Å². The van der Waals surface area contributed by atoms with E-state index in [2.05, 4.69) is 20.4 Å². The van der Waals surface area contributed by atoms with E-state index in [9.17, 15) is 9.59 Å². The molecule has 5 nitrogen and oxygen atoms in total. The predicted octanol–water partition coefficient (Wildman–Crippen LogP) is 2.68. The third-order valence-electron chi connectivity index (χ3n) is 3.82. The summed E-state index contributed by atoms with van der Waals surface area (Å²) < 4.78 is 2.02. The second-order valence-corrected chi connectivity index (χ2v) is 6.94. The Hall–Kier alpha value is -2.04. The number of amides is 2. The van der Waals surface area contributed by atoms with E-state index in [1.807, 2.05) is 48.7 Å². The average molecular weight is 333 g/mol. The predicted molar refractivity (Wildman–Crippen MR) is 97.3 cm³/mol. The van der Waals surface area contributed by atoms with Gasteiger partial charge in [0.2, 0.25) is 11.8 Å². The molecule has 0 unspecified atom stereocenters. The molecule has 0 aromatic carbocycles. The summed E-state index contributed by atoms with van der Waals surface area (Å²) >= 11 is 0. The average Bonchev–Trinajstić information content (AvgIpc) is 2.90. The summed E-state index contributed by atoms with van der Waals surface area (Å²) in [6.45, 7) is 13.3. The number of aromatic nitrogens is 1. The molecule has 134 valence electrons. The molecule has 5 heteroatoms. The van der Waals surface area contributed by atoms with Crippen molar-refractivity contribution in [3.05, 3.63) is 36.7 Å². The molecule has 2 amide bonds. The van der Waals surface area contributed by atoms with Crippen LogP contribution in [-0.2, 0) is 23.2 Å². The Balaban J connectivity index is 2.87. The molecule has 0 bridgehead atoms. The van der Waals surface area contributed by atoms with Gasteiger partial charge in [-0.1, -0.05) is 33.8 Å². The van der Waals surface area contributed by atoms with E-state index < -0.39 is 0 Å². The van der Waals surface area contributed by atoms with Gasteiger partial charge in [-0.05, 0) is 18.1 Å². The van der Waals surface area contributed by atoms with Crippen LogP contribution in [0, 0.1) is 11.8 Å². The van der Waals surface area contributed by atoms with Gasteiger partial charge in [0, 0.05) is 37.9 Å². The van der Waals surface area contributed by atoms with Gasteiger partial charge in [0.05, 0.1) is 6.54 Å². The Morgan fingerprint density at radius 3 is 2.38 bits per heavy atom. The zero-order valence-electron chi connectivity index (χ0n) is 15.7. The van der Waals surface area contributed by atoms with Gasteiger partial charge >= 0.3 is 0 Å². The number of hydrogen-bond acceptors (Lipinski definition) is 2. The highest BCUT2D eigenvalue weighted by Gasteiger charge is 2.23. The van der Waals surface area contributed by atoms with Crippen molar-refractivity contribution >= 4 is 11.8 Å². The topological polar surface area (TPSA) is 45.6 Å². The summed E-state index contributed by atoms with van der Waals surface area (Å²) in [5, 5.41) is 0. The lowest BCUT2D eigenvalue weighted by atomic mass is 10.1. The highest BCUT2D eigenvalue weighted by molar-refractivity contribution is 5.85. The lowest BCUT2D eigenvalue weighted by Gasteiger charge is -2.29. The summed E-state index contributed by atoms with van der Waals surface area (Å²) in [5.41, 5.74) is 1.08. The van der Waals surface area contributed by atoms with Crippen molar-refractivity contribution in [1.29, 1.82) is 0 Å². The minimum absolute atomic E-state index is 0.0217. The van der Waals surface area contributed by atoms with E-state index in [1.165, 1.54) is 0 Å². The number of carbonyl (C=O) groups is 2. The van der Waals surface area contributed by atoms with Crippen LogP contribution in [0.15, 0.2) is 31.0 Å². The van der Waals surface area contributed by atoms with Crippen molar-refractivity contribution < 1.29 is 9.59 Å². The van der Waals surface area contributed by atoms with Crippen LogP contribution in [0.3, 0.4) is 0 Å². The Kier molecular flexibility index (Phi) is 7.75. The molecule has 1 rings (SSSR count). The van der Waals surface area contributed by atoms with Crippen molar-refractivity contribution in [3.63, 3.8) is 0 Å². The summed E-state index contributed by atoms with van der Waals surface area (Å²) in [4.78, 5) is 28.5. The molecule has 0 N–H and O–H groups in total. The lowest BCUT2D eigenvalue weighted by Crippen LogP contribution is -2.45. The molecule has 0 fully saturated rings. The largest absolute Gasteiger partial charge is 0.353 e. The second-order valence-electron chi connectivity index (χ2n) is 6.94. The molecule has 1 heterocycles. The molecule has 0 radical (unpaired) electrons. The van der Waals surface area contributed by atoms with Gasteiger partial charge in [0.15, 0.2) is 0 Å². The van der Waals surface area contributed by atoms with E-state index in [-0.39, 0.29) is 24.3 Å². The molecule has 0 atom stereocenters. The van der Waals surface area contributed by atoms with E-state index in [1.54, 1.807) is 11.0 Å². The molecule has 0 aliphatic heterocycles. The Labute approximate surface area is 145 Å². The van der Waals surface area contributed by atoms with Crippen molar-refractivity contribution in [2.24, 2.45) is 18.9 Å². The third kappa shape index (κ3) is 5.87. The fraction of sp³-hybridized carbons (Fsp3) is 0.579. The third-order valence-corrected chi connectivity index (χ3v) is 3.82. The molecule has 0 aliphatic rings. The van der Waals surface area contributed by atoms with Crippen LogP contribution in [0.2, 0.25) is 0 Å². The zero-order valence-corrected chi connectivity index (χ0v) is 15.7. The lowest BCUT2D eigenvalue weighted by molar-refractivity contribution is -0.142. The maximum absolute atomic E-state index is 12.8. The summed E-state index contributed by atoms with van der Waals surface area (Å²) in [5.74, 6) is 0.180. The van der Waals surface area contributed by atoms with Crippen molar-refractivity contribution in [2.75, 3.05) is 19.6 Å².